The number of benzene rings is 1. The lowest BCUT2D eigenvalue weighted by Gasteiger charge is -2.45. The van der Waals surface area contributed by atoms with Gasteiger partial charge in [-0.3, -0.25) is 4.79 Å². The number of H-pyrrole nitrogens is 1. The van der Waals surface area contributed by atoms with E-state index in [0.717, 1.165) is 16.5 Å². The number of carboxylic acids is 1. The van der Waals surface area contributed by atoms with Crippen molar-refractivity contribution in [3.05, 3.63) is 36.0 Å². The predicted octanol–water partition coefficient (Wildman–Crippen LogP) is 1.24. The highest BCUT2D eigenvalue weighted by molar-refractivity contribution is 5.84. The summed E-state index contributed by atoms with van der Waals surface area (Å²) >= 11 is 0. The van der Waals surface area contributed by atoms with Gasteiger partial charge in [-0.05, 0) is 11.6 Å². The molecule has 2 heterocycles. The molecular weight excluding hydrogens is 244 g/mol. The highest BCUT2D eigenvalue weighted by atomic mass is 16.5. The fourth-order valence-electron chi connectivity index (χ4n) is 2.76. The van der Waals surface area contributed by atoms with Crippen molar-refractivity contribution in [3.63, 3.8) is 0 Å². The van der Waals surface area contributed by atoms with Gasteiger partial charge in [0, 0.05) is 23.1 Å². The molecule has 0 spiro atoms. The molecule has 4 N–H and O–H groups in total. The van der Waals surface area contributed by atoms with Gasteiger partial charge in [0.15, 0.2) is 0 Å². The Hall–Kier alpha value is -1.85. The summed E-state index contributed by atoms with van der Waals surface area (Å²) in [7, 11) is 0. The molecule has 5 nitrogen and oxygen atoms in total. The number of carboxylic acid groups (broad SMARTS) is 1. The number of aromatic amines is 1. The van der Waals surface area contributed by atoms with Crippen molar-refractivity contribution in [3.8, 4) is 0 Å². The summed E-state index contributed by atoms with van der Waals surface area (Å²) in [6.45, 7) is 0.951. The average Bonchev–Trinajstić information content (AvgIpc) is 2.71. The Morgan fingerprint density at radius 2 is 2.21 bits per heavy atom. The maximum Gasteiger partial charge on any atom is 0.304 e. The van der Waals surface area contributed by atoms with Gasteiger partial charge in [0.05, 0.1) is 25.0 Å². The molecule has 1 aliphatic heterocycles. The summed E-state index contributed by atoms with van der Waals surface area (Å²) in [5, 5.41) is 10.0. The van der Waals surface area contributed by atoms with Crippen molar-refractivity contribution in [1.29, 1.82) is 0 Å². The van der Waals surface area contributed by atoms with Crippen LogP contribution in [0.4, 0.5) is 0 Å². The molecule has 100 valence electrons. The second kappa shape index (κ2) is 4.36. The zero-order valence-electron chi connectivity index (χ0n) is 10.4. The molecular formula is C14H16N2O3. The summed E-state index contributed by atoms with van der Waals surface area (Å²) in [6, 6.07) is 7.50. The summed E-state index contributed by atoms with van der Waals surface area (Å²) in [6.07, 6.45) is 1.87. The first-order valence-electron chi connectivity index (χ1n) is 6.25. The smallest absolute Gasteiger partial charge is 0.304 e. The molecule has 0 bridgehead atoms. The Labute approximate surface area is 110 Å². The van der Waals surface area contributed by atoms with Crippen molar-refractivity contribution in [2.24, 2.45) is 5.73 Å². The standard InChI is InChI=1S/C14H16N2O3/c15-12(5-13(17)18)14(7-19-8-14)10-6-16-11-4-2-1-3-9(10)11/h1-4,6,12,16H,5,7-8,15H2,(H,17,18). The number of aliphatic carboxylic acids is 1. The van der Waals surface area contributed by atoms with Crippen LogP contribution in [0.5, 0.6) is 0 Å². The molecule has 1 fully saturated rings. The molecule has 1 aliphatic rings. The average molecular weight is 260 g/mol. The lowest BCUT2D eigenvalue weighted by Crippen LogP contribution is -2.59. The van der Waals surface area contributed by atoms with Gasteiger partial charge in [0.2, 0.25) is 0 Å². The third kappa shape index (κ3) is 1.82. The fraction of sp³-hybridized carbons (Fsp3) is 0.357. The Kier molecular flexibility index (Phi) is 2.80. The molecule has 19 heavy (non-hydrogen) atoms. The van der Waals surface area contributed by atoms with Crippen molar-refractivity contribution in [2.75, 3.05) is 13.2 Å². The minimum Gasteiger partial charge on any atom is -0.481 e. The van der Waals surface area contributed by atoms with Gasteiger partial charge >= 0.3 is 5.97 Å². The highest BCUT2D eigenvalue weighted by Crippen LogP contribution is 2.39. The largest absolute Gasteiger partial charge is 0.481 e. The Morgan fingerprint density at radius 1 is 1.47 bits per heavy atom. The maximum absolute atomic E-state index is 10.9. The van der Waals surface area contributed by atoms with E-state index in [2.05, 4.69) is 4.98 Å². The SMILES string of the molecule is NC(CC(=O)O)C1(c2c[nH]c3ccccc23)COC1. The van der Waals surface area contributed by atoms with Crippen molar-refractivity contribution >= 4 is 16.9 Å². The van der Waals surface area contributed by atoms with Gasteiger partial charge in [-0.25, -0.2) is 0 Å². The lowest BCUT2D eigenvalue weighted by molar-refractivity contribution is -0.140. The number of aromatic nitrogens is 1. The lowest BCUT2D eigenvalue weighted by atomic mass is 9.71. The number of hydrogen-bond donors (Lipinski definition) is 3. The number of nitrogens with one attached hydrogen (secondary N) is 1. The molecule has 3 rings (SSSR count). The summed E-state index contributed by atoms with van der Waals surface area (Å²) in [5.41, 5.74) is 7.82. The summed E-state index contributed by atoms with van der Waals surface area (Å²) in [4.78, 5) is 14.1. The highest BCUT2D eigenvalue weighted by Gasteiger charge is 2.47. The second-order valence-corrected chi connectivity index (χ2v) is 5.10. The van der Waals surface area contributed by atoms with Crippen molar-refractivity contribution < 1.29 is 14.6 Å². The van der Waals surface area contributed by atoms with E-state index in [0.29, 0.717) is 13.2 Å². The number of hydrogen-bond acceptors (Lipinski definition) is 3. The first-order valence-corrected chi connectivity index (χ1v) is 6.25. The Morgan fingerprint density at radius 3 is 2.84 bits per heavy atom. The molecule has 1 atom stereocenters. The van der Waals surface area contributed by atoms with Crippen LogP contribution in [0.3, 0.4) is 0 Å². The van der Waals surface area contributed by atoms with Gasteiger partial charge < -0.3 is 20.6 Å². The number of carbonyl (C=O) groups is 1. The minimum atomic E-state index is -0.876. The van der Waals surface area contributed by atoms with Crippen LogP contribution in [0.1, 0.15) is 12.0 Å². The zero-order chi connectivity index (χ0) is 13.5. The van der Waals surface area contributed by atoms with E-state index in [4.69, 9.17) is 15.6 Å². The normalized spacial score (nSPS) is 19.0. The molecule has 0 radical (unpaired) electrons. The van der Waals surface area contributed by atoms with E-state index >= 15 is 0 Å². The maximum atomic E-state index is 10.9. The van der Waals surface area contributed by atoms with E-state index < -0.39 is 17.4 Å². The molecule has 1 unspecified atom stereocenters. The monoisotopic (exact) mass is 260 g/mol. The predicted molar refractivity (Wildman–Crippen MR) is 71.0 cm³/mol. The topological polar surface area (TPSA) is 88.3 Å². The van der Waals surface area contributed by atoms with Crippen LogP contribution in [-0.2, 0) is 14.9 Å². The van der Waals surface area contributed by atoms with Crippen LogP contribution < -0.4 is 5.73 Å². The van der Waals surface area contributed by atoms with E-state index in [-0.39, 0.29) is 6.42 Å². The molecule has 0 aliphatic carbocycles. The molecule has 1 aromatic carbocycles. The first-order chi connectivity index (χ1) is 9.13. The quantitative estimate of drug-likeness (QED) is 0.771. The molecule has 5 heteroatoms. The Bertz CT molecular complexity index is 616. The summed E-state index contributed by atoms with van der Waals surface area (Å²) in [5.74, 6) is -0.876. The molecule has 0 amide bonds. The Balaban J connectivity index is 2.04. The second-order valence-electron chi connectivity index (χ2n) is 5.10. The van der Waals surface area contributed by atoms with Crippen LogP contribution in [0, 0.1) is 0 Å². The number of fused-ring (bicyclic) bond motifs is 1. The number of para-hydroxylation sites is 1. The number of ether oxygens (including phenoxy) is 1. The van der Waals surface area contributed by atoms with Crippen LogP contribution in [0.2, 0.25) is 0 Å². The summed E-state index contributed by atoms with van der Waals surface area (Å²) < 4.78 is 5.33. The number of rotatable bonds is 4. The molecule has 2 aromatic rings. The van der Waals surface area contributed by atoms with E-state index in [1.54, 1.807) is 0 Å². The fourth-order valence-corrected chi connectivity index (χ4v) is 2.76. The minimum absolute atomic E-state index is 0.0527. The zero-order valence-corrected chi connectivity index (χ0v) is 10.4. The van der Waals surface area contributed by atoms with Gasteiger partial charge in [0.25, 0.3) is 0 Å². The van der Waals surface area contributed by atoms with Crippen LogP contribution in [0.15, 0.2) is 30.5 Å². The van der Waals surface area contributed by atoms with Gasteiger partial charge in [-0.1, -0.05) is 18.2 Å². The van der Waals surface area contributed by atoms with Crippen molar-refractivity contribution in [2.45, 2.75) is 17.9 Å². The van der Waals surface area contributed by atoms with E-state index in [9.17, 15) is 4.79 Å². The van der Waals surface area contributed by atoms with Crippen molar-refractivity contribution in [1.82, 2.24) is 4.98 Å². The number of nitrogens with two attached hydrogens (primary N) is 1. The molecule has 1 saturated heterocycles. The van der Waals surface area contributed by atoms with Crippen LogP contribution in [0.25, 0.3) is 10.9 Å². The molecule has 1 aromatic heterocycles. The third-order valence-corrected chi connectivity index (χ3v) is 3.95. The van der Waals surface area contributed by atoms with Gasteiger partial charge in [-0.2, -0.15) is 0 Å². The third-order valence-electron chi connectivity index (χ3n) is 3.95. The first kappa shape index (κ1) is 12.2. The van der Waals surface area contributed by atoms with E-state index in [1.807, 2.05) is 30.5 Å². The van der Waals surface area contributed by atoms with Gasteiger partial charge in [0.1, 0.15) is 0 Å². The van der Waals surface area contributed by atoms with E-state index in [1.165, 1.54) is 0 Å². The molecule has 0 saturated carbocycles. The van der Waals surface area contributed by atoms with Gasteiger partial charge in [-0.15, -0.1) is 0 Å². The van der Waals surface area contributed by atoms with Crippen LogP contribution >= 0.6 is 0 Å². The van der Waals surface area contributed by atoms with Crippen LogP contribution in [-0.4, -0.2) is 35.3 Å².